The van der Waals surface area contributed by atoms with Crippen molar-refractivity contribution >= 4 is 8.69 Å². The lowest BCUT2D eigenvalue weighted by Crippen LogP contribution is -2.73. The van der Waals surface area contributed by atoms with E-state index in [9.17, 15) is 4.57 Å². The summed E-state index contributed by atoms with van der Waals surface area (Å²) < 4.78 is 32.3. The van der Waals surface area contributed by atoms with Gasteiger partial charge in [-0.25, -0.2) is 4.89 Å². The van der Waals surface area contributed by atoms with Crippen molar-refractivity contribution < 1.29 is 33.1 Å². The Kier molecular flexibility index (Phi) is 6.65. The average molecular weight is 374 g/mol. The quantitative estimate of drug-likeness (QED) is 0.374. The van der Waals surface area contributed by atoms with Gasteiger partial charge in [-0.3, -0.25) is 4.57 Å². The van der Waals surface area contributed by atoms with E-state index in [1.807, 2.05) is 32.9 Å². The van der Waals surface area contributed by atoms with Crippen molar-refractivity contribution in [3.63, 3.8) is 0 Å². The number of methoxy groups -OCH3 is 2. The lowest BCUT2D eigenvalue weighted by Gasteiger charge is -2.60. The summed E-state index contributed by atoms with van der Waals surface area (Å²) >= 11 is 0. The van der Waals surface area contributed by atoms with Crippen LogP contribution >= 0.6 is 8.69 Å². The summed E-state index contributed by atoms with van der Waals surface area (Å²) in [6.45, 7) is 7.33. The SMILES string of the molecule is COCCOCC1(C(C)(C)C)OOC1(OC)c1ccc(O[PH2]=O)cc1. The molecule has 1 aliphatic heterocycles. The van der Waals surface area contributed by atoms with Crippen LogP contribution in [0.15, 0.2) is 24.3 Å². The summed E-state index contributed by atoms with van der Waals surface area (Å²) in [5.74, 6) is -0.598. The summed E-state index contributed by atoms with van der Waals surface area (Å²) in [6, 6.07) is 7.07. The third kappa shape index (κ3) is 3.63. The molecule has 1 fully saturated rings. The number of benzene rings is 1. The van der Waals surface area contributed by atoms with Gasteiger partial charge in [-0.1, -0.05) is 20.8 Å². The van der Waals surface area contributed by atoms with E-state index in [4.69, 9.17) is 28.5 Å². The molecule has 25 heavy (non-hydrogen) atoms. The van der Waals surface area contributed by atoms with Gasteiger partial charge in [0.1, 0.15) is 5.75 Å². The first-order valence-corrected chi connectivity index (χ1v) is 9.00. The molecule has 1 saturated heterocycles. The van der Waals surface area contributed by atoms with E-state index in [1.165, 1.54) is 0 Å². The third-order valence-electron chi connectivity index (χ3n) is 4.49. The predicted molar refractivity (Wildman–Crippen MR) is 93.2 cm³/mol. The fourth-order valence-corrected chi connectivity index (χ4v) is 3.21. The van der Waals surface area contributed by atoms with Crippen LogP contribution in [0.3, 0.4) is 0 Å². The minimum absolute atomic E-state index is 0.274. The topological polar surface area (TPSA) is 72.5 Å². The molecule has 0 N–H and O–H groups in total. The van der Waals surface area contributed by atoms with Crippen LogP contribution in [0.4, 0.5) is 0 Å². The van der Waals surface area contributed by atoms with Gasteiger partial charge in [-0.05, 0) is 24.3 Å². The molecule has 0 aromatic heterocycles. The zero-order chi connectivity index (χ0) is 18.6. The smallest absolute Gasteiger partial charge is 0.262 e. The van der Waals surface area contributed by atoms with Gasteiger partial charge in [0, 0.05) is 25.2 Å². The highest BCUT2D eigenvalue weighted by Crippen LogP contribution is 2.57. The molecule has 0 saturated carbocycles. The average Bonchev–Trinajstić information content (AvgIpc) is 2.55. The van der Waals surface area contributed by atoms with E-state index in [0.29, 0.717) is 19.0 Å². The van der Waals surface area contributed by atoms with Crippen LogP contribution in [-0.2, 0) is 34.3 Å². The van der Waals surface area contributed by atoms with Gasteiger partial charge in [0.2, 0.25) is 8.69 Å². The molecular formula is C17H27O7P. The van der Waals surface area contributed by atoms with Crippen molar-refractivity contribution in [2.24, 2.45) is 5.41 Å². The summed E-state index contributed by atoms with van der Waals surface area (Å²) in [7, 11) is 1.89. The number of hydrogen-bond donors (Lipinski definition) is 0. The predicted octanol–water partition coefficient (Wildman–Crippen LogP) is 2.95. The van der Waals surface area contributed by atoms with Gasteiger partial charge in [0.05, 0.1) is 19.8 Å². The largest absolute Gasteiger partial charge is 0.447 e. The maximum absolute atomic E-state index is 10.7. The number of rotatable bonds is 9. The van der Waals surface area contributed by atoms with E-state index < -0.39 is 20.1 Å². The van der Waals surface area contributed by atoms with E-state index >= 15 is 0 Å². The van der Waals surface area contributed by atoms with E-state index in [2.05, 4.69) is 0 Å². The van der Waals surface area contributed by atoms with E-state index in [1.54, 1.807) is 26.4 Å². The Labute approximate surface area is 149 Å². The van der Waals surface area contributed by atoms with Gasteiger partial charge in [-0.2, -0.15) is 4.89 Å². The Hall–Kier alpha value is -0.950. The molecule has 3 atom stereocenters. The fraction of sp³-hybridized carbons (Fsp3) is 0.647. The zero-order valence-corrected chi connectivity index (χ0v) is 16.5. The Morgan fingerprint density at radius 3 is 2.20 bits per heavy atom. The van der Waals surface area contributed by atoms with E-state index in [0.717, 1.165) is 5.56 Å². The minimum Gasteiger partial charge on any atom is -0.447 e. The van der Waals surface area contributed by atoms with Gasteiger partial charge in [-0.15, -0.1) is 0 Å². The third-order valence-corrected chi connectivity index (χ3v) is 4.86. The van der Waals surface area contributed by atoms with Gasteiger partial charge < -0.3 is 18.7 Å². The van der Waals surface area contributed by atoms with Crippen molar-refractivity contribution in [3.8, 4) is 5.75 Å². The molecular weight excluding hydrogens is 347 g/mol. The Morgan fingerprint density at radius 2 is 1.76 bits per heavy atom. The van der Waals surface area contributed by atoms with Crippen LogP contribution < -0.4 is 4.52 Å². The zero-order valence-electron chi connectivity index (χ0n) is 15.4. The Balaban J connectivity index is 2.33. The van der Waals surface area contributed by atoms with E-state index in [-0.39, 0.29) is 12.0 Å². The first-order valence-electron chi connectivity index (χ1n) is 8.06. The molecule has 142 valence electrons. The molecule has 1 aliphatic rings. The molecule has 0 spiro atoms. The van der Waals surface area contributed by atoms with Crippen molar-refractivity contribution in [2.75, 3.05) is 34.0 Å². The van der Waals surface area contributed by atoms with Gasteiger partial charge >= 0.3 is 0 Å². The molecule has 0 radical (unpaired) electrons. The molecule has 1 aromatic rings. The van der Waals surface area contributed by atoms with Crippen LogP contribution in [0, 0.1) is 5.41 Å². The summed E-state index contributed by atoms with van der Waals surface area (Å²) in [6.07, 6.45) is 0. The maximum Gasteiger partial charge on any atom is 0.262 e. The highest BCUT2D eigenvalue weighted by Gasteiger charge is 2.71. The molecule has 0 aliphatic carbocycles. The van der Waals surface area contributed by atoms with Crippen LogP contribution in [0.1, 0.15) is 26.3 Å². The van der Waals surface area contributed by atoms with Gasteiger partial charge in [0.25, 0.3) is 5.79 Å². The Morgan fingerprint density at radius 1 is 1.08 bits per heavy atom. The molecule has 1 aromatic carbocycles. The second-order valence-electron chi connectivity index (χ2n) is 6.85. The van der Waals surface area contributed by atoms with Crippen molar-refractivity contribution in [1.82, 2.24) is 0 Å². The van der Waals surface area contributed by atoms with Crippen molar-refractivity contribution in [1.29, 1.82) is 0 Å². The number of ether oxygens (including phenoxy) is 3. The second-order valence-corrected chi connectivity index (χ2v) is 7.28. The standard InChI is InChI=1S/C17H27O7P/c1-15(2,3)16(12-21-11-10-19-4)17(20-5,24-23-16)13-6-8-14(9-7-13)22-25-18/h6-9H,10-12,25H2,1-5H3. The molecule has 7 nitrogen and oxygen atoms in total. The summed E-state index contributed by atoms with van der Waals surface area (Å²) in [5.41, 5.74) is -0.433. The first-order chi connectivity index (χ1) is 11.9. The van der Waals surface area contributed by atoms with Crippen molar-refractivity contribution in [3.05, 3.63) is 29.8 Å². The highest BCUT2D eigenvalue weighted by molar-refractivity contribution is 7.17. The molecule has 0 bridgehead atoms. The molecule has 2 rings (SSSR count). The molecule has 8 heteroatoms. The Bertz CT molecular complexity index is 567. The molecule has 0 amide bonds. The normalized spacial score (nSPS) is 26.8. The van der Waals surface area contributed by atoms with Crippen LogP contribution in [-0.4, -0.2) is 39.6 Å². The summed E-state index contributed by atoms with van der Waals surface area (Å²) in [5, 5.41) is 0. The maximum atomic E-state index is 10.7. The molecule has 1 heterocycles. The van der Waals surface area contributed by atoms with Crippen LogP contribution in [0.2, 0.25) is 0 Å². The monoisotopic (exact) mass is 374 g/mol. The molecule has 3 unspecified atom stereocenters. The first kappa shape index (κ1) is 20.4. The van der Waals surface area contributed by atoms with Crippen molar-refractivity contribution in [2.45, 2.75) is 32.2 Å². The van der Waals surface area contributed by atoms with Crippen LogP contribution in [0.25, 0.3) is 0 Å². The van der Waals surface area contributed by atoms with Crippen LogP contribution in [0.5, 0.6) is 5.75 Å². The number of hydrogen-bond acceptors (Lipinski definition) is 7. The lowest BCUT2D eigenvalue weighted by atomic mass is 9.68. The summed E-state index contributed by atoms with van der Waals surface area (Å²) in [4.78, 5) is 11.2. The highest BCUT2D eigenvalue weighted by atomic mass is 31.1. The fourth-order valence-electron chi connectivity index (χ4n) is 2.94. The minimum atomic E-state index is -1.31. The second kappa shape index (κ2) is 8.16. The van der Waals surface area contributed by atoms with Gasteiger partial charge in [0.15, 0.2) is 5.60 Å². The lowest BCUT2D eigenvalue weighted by molar-refractivity contribution is -0.638.